The highest BCUT2D eigenvalue weighted by molar-refractivity contribution is 7.07. The number of thiazole rings is 1. The van der Waals surface area contributed by atoms with E-state index >= 15 is 0 Å². The normalized spacial score (nSPS) is 11.3. The number of hydrogen-bond donors (Lipinski definition) is 1. The summed E-state index contributed by atoms with van der Waals surface area (Å²) in [5, 5.41) is 1.83. The van der Waals surface area contributed by atoms with Crippen LogP contribution in [0, 0.1) is 0 Å². The van der Waals surface area contributed by atoms with Gasteiger partial charge in [0, 0.05) is 18.6 Å². The number of nitrogens with two attached hydrogens (primary N) is 1. The standard InChI is InChI=1S/C13H13N3O3S/c1-16-6-7-20-13(16)15-12(18)9-4-2-3-5-10(9)19-8-11(14)17/h2-7H,8H2,1H3,(H2,14,17). The van der Waals surface area contributed by atoms with Crippen LogP contribution in [0.1, 0.15) is 10.4 Å². The molecule has 0 fully saturated rings. The number of carbonyl (C=O) groups excluding carboxylic acids is 2. The zero-order valence-electron chi connectivity index (χ0n) is 10.8. The number of ether oxygens (including phenoxy) is 1. The van der Waals surface area contributed by atoms with Crippen LogP contribution in [0.25, 0.3) is 0 Å². The van der Waals surface area contributed by atoms with Crippen molar-refractivity contribution in [2.24, 2.45) is 17.8 Å². The molecule has 6 nitrogen and oxygen atoms in total. The molecule has 0 bridgehead atoms. The lowest BCUT2D eigenvalue weighted by Crippen LogP contribution is -2.21. The van der Waals surface area contributed by atoms with Crippen LogP contribution in [-0.4, -0.2) is 23.0 Å². The summed E-state index contributed by atoms with van der Waals surface area (Å²) >= 11 is 1.36. The van der Waals surface area contributed by atoms with Gasteiger partial charge in [-0.25, -0.2) is 0 Å². The van der Waals surface area contributed by atoms with E-state index in [2.05, 4.69) is 4.99 Å². The molecule has 1 aromatic carbocycles. The van der Waals surface area contributed by atoms with Gasteiger partial charge < -0.3 is 15.0 Å². The molecular weight excluding hydrogens is 278 g/mol. The van der Waals surface area contributed by atoms with E-state index in [-0.39, 0.29) is 6.61 Å². The second-order valence-electron chi connectivity index (χ2n) is 3.96. The molecule has 0 aliphatic heterocycles. The van der Waals surface area contributed by atoms with Gasteiger partial charge in [0.15, 0.2) is 11.4 Å². The Morgan fingerprint density at radius 3 is 2.80 bits per heavy atom. The smallest absolute Gasteiger partial charge is 0.283 e. The first-order valence-corrected chi connectivity index (χ1v) is 6.65. The monoisotopic (exact) mass is 291 g/mol. The summed E-state index contributed by atoms with van der Waals surface area (Å²) in [4.78, 5) is 27.5. The summed E-state index contributed by atoms with van der Waals surface area (Å²) in [6.45, 7) is -0.281. The molecule has 104 valence electrons. The molecule has 0 spiro atoms. The van der Waals surface area contributed by atoms with E-state index in [9.17, 15) is 9.59 Å². The van der Waals surface area contributed by atoms with Gasteiger partial charge >= 0.3 is 0 Å². The van der Waals surface area contributed by atoms with Crippen molar-refractivity contribution in [1.29, 1.82) is 0 Å². The third-order valence-corrected chi connectivity index (χ3v) is 3.29. The van der Waals surface area contributed by atoms with Crippen molar-refractivity contribution in [3.05, 3.63) is 46.2 Å². The van der Waals surface area contributed by atoms with Gasteiger partial charge in [-0.15, -0.1) is 11.3 Å². The lowest BCUT2D eigenvalue weighted by atomic mass is 10.2. The average molecular weight is 291 g/mol. The number of aromatic nitrogens is 1. The number of aryl methyl sites for hydroxylation is 1. The van der Waals surface area contributed by atoms with Crippen LogP contribution in [0.2, 0.25) is 0 Å². The predicted octanol–water partition coefficient (Wildman–Crippen LogP) is 0.692. The van der Waals surface area contributed by atoms with Gasteiger partial charge in [-0.05, 0) is 12.1 Å². The molecule has 2 N–H and O–H groups in total. The van der Waals surface area contributed by atoms with Crippen molar-refractivity contribution in [2.45, 2.75) is 0 Å². The molecule has 0 saturated carbocycles. The van der Waals surface area contributed by atoms with E-state index < -0.39 is 11.8 Å². The maximum atomic E-state index is 12.2. The zero-order chi connectivity index (χ0) is 14.5. The minimum atomic E-state index is -0.603. The molecular formula is C13H13N3O3S. The molecule has 2 aromatic rings. The van der Waals surface area contributed by atoms with Gasteiger partial charge in [-0.2, -0.15) is 4.99 Å². The maximum Gasteiger partial charge on any atom is 0.283 e. The van der Waals surface area contributed by atoms with Crippen LogP contribution in [0.4, 0.5) is 0 Å². The predicted molar refractivity (Wildman–Crippen MR) is 74.3 cm³/mol. The highest BCUT2D eigenvalue weighted by Crippen LogP contribution is 2.18. The zero-order valence-corrected chi connectivity index (χ0v) is 11.6. The number of hydrogen-bond acceptors (Lipinski definition) is 4. The first-order chi connectivity index (χ1) is 9.58. The molecule has 0 aliphatic carbocycles. The van der Waals surface area contributed by atoms with Gasteiger partial charge in [0.1, 0.15) is 5.75 Å². The van der Waals surface area contributed by atoms with Gasteiger partial charge in [-0.3, -0.25) is 9.59 Å². The third-order valence-electron chi connectivity index (χ3n) is 2.44. The highest BCUT2D eigenvalue weighted by atomic mass is 32.1. The van der Waals surface area contributed by atoms with Crippen LogP contribution < -0.4 is 15.3 Å². The first-order valence-electron chi connectivity index (χ1n) is 5.77. The molecule has 2 amide bonds. The fourth-order valence-corrected chi connectivity index (χ4v) is 2.23. The average Bonchev–Trinajstić information content (AvgIpc) is 2.82. The number of primary amides is 1. The molecule has 0 unspecified atom stereocenters. The molecule has 0 atom stereocenters. The van der Waals surface area contributed by atoms with E-state index in [4.69, 9.17) is 10.5 Å². The Balaban J connectivity index is 2.31. The Morgan fingerprint density at radius 2 is 2.15 bits per heavy atom. The Kier molecular flexibility index (Phi) is 4.31. The second kappa shape index (κ2) is 6.16. The number of benzene rings is 1. The Morgan fingerprint density at radius 1 is 1.40 bits per heavy atom. The summed E-state index contributed by atoms with van der Waals surface area (Å²) in [5.74, 6) is -0.740. The van der Waals surface area contributed by atoms with E-state index in [1.165, 1.54) is 11.3 Å². The topological polar surface area (TPSA) is 86.7 Å². The van der Waals surface area contributed by atoms with Crippen molar-refractivity contribution >= 4 is 23.2 Å². The van der Waals surface area contributed by atoms with Gasteiger partial charge in [-0.1, -0.05) is 12.1 Å². The van der Waals surface area contributed by atoms with Crippen LogP contribution in [0.3, 0.4) is 0 Å². The van der Waals surface area contributed by atoms with Crippen LogP contribution in [0.15, 0.2) is 40.8 Å². The van der Waals surface area contributed by atoms with E-state index in [0.717, 1.165) is 0 Å². The third kappa shape index (κ3) is 3.33. The van der Waals surface area contributed by atoms with E-state index in [1.807, 2.05) is 11.6 Å². The van der Waals surface area contributed by atoms with Crippen LogP contribution in [-0.2, 0) is 11.8 Å². The van der Waals surface area contributed by atoms with Crippen LogP contribution in [0.5, 0.6) is 5.75 Å². The molecule has 1 aromatic heterocycles. The van der Waals surface area contributed by atoms with E-state index in [1.54, 1.807) is 35.9 Å². The van der Waals surface area contributed by atoms with Crippen molar-refractivity contribution in [2.75, 3.05) is 6.61 Å². The quantitative estimate of drug-likeness (QED) is 0.899. The molecule has 0 saturated heterocycles. The van der Waals surface area contributed by atoms with Gasteiger partial charge in [0.05, 0.1) is 5.56 Å². The SMILES string of the molecule is Cn1ccsc1=NC(=O)c1ccccc1OCC(N)=O. The summed E-state index contributed by atoms with van der Waals surface area (Å²) in [6.07, 6.45) is 1.81. The lowest BCUT2D eigenvalue weighted by Gasteiger charge is -2.07. The lowest BCUT2D eigenvalue weighted by molar-refractivity contribution is -0.119. The highest BCUT2D eigenvalue weighted by Gasteiger charge is 2.12. The molecule has 7 heteroatoms. The molecule has 20 heavy (non-hydrogen) atoms. The number of amides is 2. The summed E-state index contributed by atoms with van der Waals surface area (Å²) in [7, 11) is 1.80. The van der Waals surface area contributed by atoms with Crippen molar-refractivity contribution < 1.29 is 14.3 Å². The van der Waals surface area contributed by atoms with Crippen LogP contribution >= 0.6 is 11.3 Å². The van der Waals surface area contributed by atoms with Crippen molar-refractivity contribution in [3.8, 4) is 5.75 Å². The molecule has 0 radical (unpaired) electrons. The number of nitrogens with zero attached hydrogens (tertiary/aromatic N) is 2. The molecule has 1 heterocycles. The maximum absolute atomic E-state index is 12.2. The Labute approximate surface area is 119 Å². The number of para-hydroxylation sites is 1. The Bertz CT molecular complexity index is 703. The molecule has 2 rings (SSSR count). The second-order valence-corrected chi connectivity index (χ2v) is 4.84. The van der Waals surface area contributed by atoms with Gasteiger partial charge in [0.2, 0.25) is 0 Å². The first kappa shape index (κ1) is 14.0. The fourth-order valence-electron chi connectivity index (χ4n) is 1.50. The fraction of sp³-hybridized carbons (Fsp3) is 0.154. The summed E-state index contributed by atoms with van der Waals surface area (Å²) in [5.41, 5.74) is 5.32. The number of rotatable bonds is 4. The Hall–Kier alpha value is -2.41. The number of carbonyl (C=O) groups is 2. The van der Waals surface area contributed by atoms with E-state index in [0.29, 0.717) is 16.1 Å². The molecule has 0 aliphatic rings. The minimum Gasteiger partial charge on any atom is -0.483 e. The largest absolute Gasteiger partial charge is 0.483 e. The minimum absolute atomic E-state index is 0.281. The summed E-state index contributed by atoms with van der Waals surface area (Å²) < 4.78 is 6.96. The van der Waals surface area contributed by atoms with Crippen molar-refractivity contribution in [3.63, 3.8) is 0 Å². The van der Waals surface area contributed by atoms with Gasteiger partial charge in [0.25, 0.3) is 11.8 Å². The summed E-state index contributed by atoms with van der Waals surface area (Å²) in [6, 6.07) is 6.60. The van der Waals surface area contributed by atoms with Crippen molar-refractivity contribution in [1.82, 2.24) is 4.57 Å².